The number of methoxy groups -OCH3 is 1. The van der Waals surface area contributed by atoms with Gasteiger partial charge in [-0.2, -0.15) is 0 Å². The lowest BCUT2D eigenvalue weighted by Crippen LogP contribution is -2.29. The Labute approximate surface area is 149 Å². The lowest BCUT2D eigenvalue weighted by Gasteiger charge is -2.28. The van der Waals surface area contributed by atoms with Crippen molar-refractivity contribution in [3.63, 3.8) is 0 Å². The van der Waals surface area contributed by atoms with Crippen molar-refractivity contribution in [2.45, 2.75) is 77.2 Å². The van der Waals surface area contributed by atoms with E-state index in [-0.39, 0.29) is 30.3 Å². The van der Waals surface area contributed by atoms with Crippen LogP contribution in [0.3, 0.4) is 0 Å². The van der Waals surface area contributed by atoms with E-state index in [2.05, 4.69) is 17.1 Å². The minimum atomic E-state index is -0.234. The van der Waals surface area contributed by atoms with E-state index in [4.69, 9.17) is 13.9 Å². The van der Waals surface area contributed by atoms with Crippen LogP contribution in [-0.2, 0) is 14.3 Å². The molecule has 0 bridgehead atoms. The second-order valence-corrected chi connectivity index (χ2v) is 7.43. The maximum atomic E-state index is 11.9. The summed E-state index contributed by atoms with van der Waals surface area (Å²) in [5.41, 5.74) is 0. The molecule has 1 amide bonds. The van der Waals surface area contributed by atoms with Gasteiger partial charge in [0.2, 0.25) is 17.7 Å². The lowest BCUT2D eigenvalue weighted by atomic mass is 9.88. The van der Waals surface area contributed by atoms with Crippen molar-refractivity contribution in [3.8, 4) is 0 Å². The van der Waals surface area contributed by atoms with Crippen LogP contribution in [0.5, 0.6) is 0 Å². The molecule has 1 aliphatic heterocycles. The predicted molar refractivity (Wildman–Crippen MR) is 90.8 cm³/mol. The molecule has 2 fully saturated rings. The number of aromatic nitrogens is 2. The highest BCUT2D eigenvalue weighted by atomic mass is 16.5. The Morgan fingerprint density at radius 1 is 1.28 bits per heavy atom. The molecule has 1 aliphatic carbocycles. The molecular formula is C18H29N3O4. The molecule has 2 aliphatic rings. The number of hydrogen-bond donors (Lipinski definition) is 0. The molecule has 1 saturated carbocycles. The van der Waals surface area contributed by atoms with Gasteiger partial charge in [-0.15, -0.1) is 10.2 Å². The summed E-state index contributed by atoms with van der Waals surface area (Å²) in [5, 5.41) is 8.35. The molecule has 7 heteroatoms. The number of amides is 1. The molecular weight excluding hydrogens is 322 g/mol. The fourth-order valence-corrected chi connectivity index (χ4v) is 3.94. The van der Waals surface area contributed by atoms with E-state index in [0.717, 1.165) is 12.8 Å². The lowest BCUT2D eigenvalue weighted by molar-refractivity contribution is -0.130. The van der Waals surface area contributed by atoms with Gasteiger partial charge in [0.15, 0.2) is 0 Å². The minimum absolute atomic E-state index is 0.00153. The van der Waals surface area contributed by atoms with Gasteiger partial charge in [0.1, 0.15) is 12.1 Å². The average molecular weight is 351 g/mol. The number of carbonyl (C=O) groups is 1. The van der Waals surface area contributed by atoms with Gasteiger partial charge in [0.05, 0.1) is 12.2 Å². The fourth-order valence-electron chi connectivity index (χ4n) is 3.94. The van der Waals surface area contributed by atoms with Gasteiger partial charge in [-0.3, -0.25) is 4.79 Å². The first-order chi connectivity index (χ1) is 12.0. The van der Waals surface area contributed by atoms with E-state index in [9.17, 15) is 4.79 Å². The van der Waals surface area contributed by atoms with Crippen LogP contribution in [0.15, 0.2) is 4.42 Å². The van der Waals surface area contributed by atoms with Crippen LogP contribution in [0, 0.1) is 5.92 Å². The van der Waals surface area contributed by atoms with E-state index >= 15 is 0 Å². The Kier molecular flexibility index (Phi) is 5.74. The van der Waals surface area contributed by atoms with E-state index in [1.54, 1.807) is 18.9 Å². The summed E-state index contributed by atoms with van der Waals surface area (Å²) in [4.78, 5) is 13.6. The van der Waals surface area contributed by atoms with Crippen LogP contribution in [-0.4, -0.2) is 46.9 Å². The molecule has 25 heavy (non-hydrogen) atoms. The van der Waals surface area contributed by atoms with Crippen LogP contribution in [0.1, 0.15) is 76.8 Å². The van der Waals surface area contributed by atoms with Crippen LogP contribution in [0.4, 0.5) is 0 Å². The van der Waals surface area contributed by atoms with Gasteiger partial charge < -0.3 is 18.8 Å². The minimum Gasteiger partial charge on any atom is -0.420 e. The maximum Gasteiger partial charge on any atom is 0.245 e. The molecule has 5 atom stereocenters. The second kappa shape index (κ2) is 7.83. The van der Waals surface area contributed by atoms with Crippen molar-refractivity contribution in [1.82, 2.24) is 15.1 Å². The van der Waals surface area contributed by atoms with Crippen molar-refractivity contribution in [2.75, 3.05) is 13.7 Å². The maximum absolute atomic E-state index is 11.9. The second-order valence-electron chi connectivity index (χ2n) is 7.43. The summed E-state index contributed by atoms with van der Waals surface area (Å²) in [7, 11) is 1.66. The van der Waals surface area contributed by atoms with Crippen LogP contribution < -0.4 is 0 Å². The third-order valence-corrected chi connectivity index (χ3v) is 5.37. The quantitative estimate of drug-likeness (QED) is 0.811. The highest BCUT2D eigenvalue weighted by Gasteiger charge is 2.38. The first-order valence-electron chi connectivity index (χ1n) is 9.26. The van der Waals surface area contributed by atoms with Crippen LogP contribution in [0.2, 0.25) is 0 Å². The molecule has 0 N–H and O–H groups in total. The van der Waals surface area contributed by atoms with Crippen molar-refractivity contribution < 1.29 is 18.7 Å². The first-order valence-corrected chi connectivity index (χ1v) is 9.26. The number of ether oxygens (including phenoxy) is 2. The topological polar surface area (TPSA) is 77.7 Å². The third-order valence-electron chi connectivity index (χ3n) is 5.37. The molecule has 1 saturated heterocycles. The number of carbonyl (C=O) groups excluding carboxylic acids is 1. The molecule has 3 rings (SSSR count). The number of hydrogen-bond acceptors (Lipinski definition) is 6. The normalized spacial score (nSPS) is 31.3. The van der Waals surface area contributed by atoms with Crippen molar-refractivity contribution in [1.29, 1.82) is 0 Å². The molecule has 3 unspecified atom stereocenters. The Bertz CT molecular complexity index is 591. The number of nitrogens with zero attached hydrogens (tertiary/aromatic N) is 3. The summed E-state index contributed by atoms with van der Waals surface area (Å²) >= 11 is 0. The van der Waals surface area contributed by atoms with Gasteiger partial charge in [-0.05, 0) is 25.7 Å². The standard InChI is InChI=1S/C18H29N3O4/c1-11-6-5-7-14(8-11)24-12(2)17-19-20-18(25-17)16-9-15(23-4)10-21(16)13(3)22/h11-12,14-16H,5-10H2,1-4H3/t11?,12?,14?,15-,16+/m0/s1. The van der Waals surface area contributed by atoms with Gasteiger partial charge >= 0.3 is 0 Å². The van der Waals surface area contributed by atoms with Crippen molar-refractivity contribution in [3.05, 3.63) is 11.8 Å². The zero-order valence-corrected chi connectivity index (χ0v) is 15.6. The van der Waals surface area contributed by atoms with Crippen molar-refractivity contribution >= 4 is 5.91 Å². The van der Waals surface area contributed by atoms with Gasteiger partial charge in [0, 0.05) is 27.0 Å². The Hall–Kier alpha value is -1.47. The predicted octanol–water partition coefficient (Wildman–Crippen LogP) is 3.03. The zero-order valence-electron chi connectivity index (χ0n) is 15.6. The van der Waals surface area contributed by atoms with Gasteiger partial charge in [-0.1, -0.05) is 19.8 Å². The van der Waals surface area contributed by atoms with E-state index in [0.29, 0.717) is 30.7 Å². The highest BCUT2D eigenvalue weighted by Crippen LogP contribution is 2.34. The fraction of sp³-hybridized carbons (Fsp3) is 0.833. The SMILES string of the molecule is CO[C@H]1C[C@H](c2nnc(C(C)OC3CCCC(C)C3)o2)N(C(C)=O)C1. The van der Waals surface area contributed by atoms with Crippen molar-refractivity contribution in [2.24, 2.45) is 5.92 Å². The summed E-state index contributed by atoms with van der Waals surface area (Å²) in [5.74, 6) is 1.65. The third kappa shape index (κ3) is 4.20. The summed E-state index contributed by atoms with van der Waals surface area (Å²) in [6.07, 6.45) is 5.36. The average Bonchev–Trinajstić information content (AvgIpc) is 3.21. The smallest absolute Gasteiger partial charge is 0.245 e. The van der Waals surface area contributed by atoms with Gasteiger partial charge in [-0.25, -0.2) is 0 Å². The summed E-state index contributed by atoms with van der Waals surface area (Å²) < 4.78 is 17.4. The van der Waals surface area contributed by atoms with Crippen LogP contribution >= 0.6 is 0 Å². The zero-order chi connectivity index (χ0) is 18.0. The number of rotatable bonds is 5. The molecule has 0 radical (unpaired) electrons. The summed E-state index contributed by atoms with van der Waals surface area (Å²) in [6.45, 7) is 6.33. The molecule has 0 aromatic carbocycles. The Morgan fingerprint density at radius 3 is 2.76 bits per heavy atom. The van der Waals surface area contributed by atoms with E-state index in [1.165, 1.54) is 12.8 Å². The molecule has 2 heterocycles. The molecule has 1 aromatic rings. The number of likely N-dealkylation sites (tertiary alicyclic amines) is 1. The Morgan fingerprint density at radius 2 is 2.08 bits per heavy atom. The molecule has 140 valence electrons. The Balaban J connectivity index is 1.65. The van der Waals surface area contributed by atoms with E-state index < -0.39 is 0 Å². The monoisotopic (exact) mass is 351 g/mol. The van der Waals surface area contributed by atoms with E-state index in [1.807, 2.05) is 6.92 Å². The summed E-state index contributed by atoms with van der Waals surface area (Å²) in [6, 6.07) is -0.217. The van der Waals surface area contributed by atoms with Gasteiger partial charge in [0.25, 0.3) is 0 Å². The molecule has 7 nitrogen and oxygen atoms in total. The first kappa shape index (κ1) is 18.3. The molecule has 1 aromatic heterocycles. The highest BCUT2D eigenvalue weighted by molar-refractivity contribution is 5.74. The molecule has 0 spiro atoms. The van der Waals surface area contributed by atoms with Crippen LogP contribution in [0.25, 0.3) is 0 Å². The largest absolute Gasteiger partial charge is 0.420 e.